The van der Waals surface area contributed by atoms with Gasteiger partial charge in [-0.25, -0.2) is 8.42 Å². The SMILES string of the molecule is Cc1ccc(S(=O)(=O)N2CCCC(C(=O)NC3CC(C)(C)Oc4cc(C)ccc43)C2)cc1. The molecule has 0 aliphatic carbocycles. The van der Waals surface area contributed by atoms with Gasteiger partial charge in [-0.2, -0.15) is 4.31 Å². The minimum atomic E-state index is -3.62. The maximum Gasteiger partial charge on any atom is 0.243 e. The number of sulfonamides is 1. The van der Waals surface area contributed by atoms with Crippen LogP contribution in [0.5, 0.6) is 5.75 Å². The van der Waals surface area contributed by atoms with E-state index in [1.807, 2.05) is 45.9 Å². The topological polar surface area (TPSA) is 75.7 Å². The number of piperidine rings is 1. The second-order valence-electron chi connectivity index (χ2n) is 9.68. The van der Waals surface area contributed by atoms with Crippen molar-refractivity contribution in [2.45, 2.75) is 63.5 Å². The molecular weight excluding hydrogens is 424 g/mol. The number of fused-ring (bicyclic) bond motifs is 1. The van der Waals surface area contributed by atoms with Crippen molar-refractivity contribution >= 4 is 15.9 Å². The van der Waals surface area contributed by atoms with E-state index >= 15 is 0 Å². The molecule has 4 rings (SSSR count). The molecule has 2 aromatic carbocycles. The normalized spacial score (nSPS) is 23.1. The summed E-state index contributed by atoms with van der Waals surface area (Å²) in [4.78, 5) is 13.5. The maximum atomic E-state index is 13.2. The highest BCUT2D eigenvalue weighted by molar-refractivity contribution is 7.89. The van der Waals surface area contributed by atoms with E-state index in [9.17, 15) is 13.2 Å². The molecule has 1 saturated heterocycles. The molecular formula is C25H32N2O4S. The number of hydrogen-bond donors (Lipinski definition) is 1. The fourth-order valence-electron chi connectivity index (χ4n) is 4.61. The number of amides is 1. The Bertz CT molecular complexity index is 1110. The van der Waals surface area contributed by atoms with Gasteiger partial charge in [0.1, 0.15) is 11.4 Å². The van der Waals surface area contributed by atoms with E-state index in [0.717, 1.165) is 22.4 Å². The van der Waals surface area contributed by atoms with Crippen LogP contribution in [0.2, 0.25) is 0 Å². The quantitative estimate of drug-likeness (QED) is 0.751. The van der Waals surface area contributed by atoms with Crippen LogP contribution in [-0.2, 0) is 14.8 Å². The average Bonchev–Trinajstić information content (AvgIpc) is 2.73. The number of nitrogens with zero attached hydrogens (tertiary/aromatic N) is 1. The van der Waals surface area contributed by atoms with Crippen LogP contribution in [0.1, 0.15) is 55.8 Å². The minimum Gasteiger partial charge on any atom is -0.487 e. The Balaban J connectivity index is 1.50. The molecule has 0 radical (unpaired) electrons. The van der Waals surface area contributed by atoms with E-state index in [1.54, 1.807) is 24.3 Å². The summed E-state index contributed by atoms with van der Waals surface area (Å²) < 4.78 is 33.8. The van der Waals surface area contributed by atoms with Gasteiger partial charge in [0.05, 0.1) is 16.9 Å². The van der Waals surface area contributed by atoms with Crippen molar-refractivity contribution in [2.24, 2.45) is 5.92 Å². The zero-order valence-electron chi connectivity index (χ0n) is 19.2. The van der Waals surface area contributed by atoms with Crippen LogP contribution >= 0.6 is 0 Å². The summed E-state index contributed by atoms with van der Waals surface area (Å²) in [6.45, 7) is 8.63. The molecule has 2 heterocycles. The van der Waals surface area contributed by atoms with Crippen LogP contribution in [0.25, 0.3) is 0 Å². The molecule has 172 valence electrons. The van der Waals surface area contributed by atoms with Gasteiger partial charge in [-0.05, 0) is 64.3 Å². The van der Waals surface area contributed by atoms with E-state index in [0.29, 0.717) is 25.8 Å². The first-order chi connectivity index (χ1) is 15.0. The van der Waals surface area contributed by atoms with Crippen LogP contribution in [0, 0.1) is 19.8 Å². The van der Waals surface area contributed by atoms with Crippen molar-refractivity contribution in [3.05, 3.63) is 59.2 Å². The van der Waals surface area contributed by atoms with Gasteiger partial charge in [-0.15, -0.1) is 0 Å². The summed E-state index contributed by atoms with van der Waals surface area (Å²) >= 11 is 0. The monoisotopic (exact) mass is 456 g/mol. The zero-order chi connectivity index (χ0) is 23.1. The largest absolute Gasteiger partial charge is 0.487 e. The summed E-state index contributed by atoms with van der Waals surface area (Å²) in [6.07, 6.45) is 2.00. The van der Waals surface area contributed by atoms with Crippen LogP contribution in [0.3, 0.4) is 0 Å². The fraction of sp³-hybridized carbons (Fsp3) is 0.480. The van der Waals surface area contributed by atoms with E-state index in [1.165, 1.54) is 4.31 Å². The van der Waals surface area contributed by atoms with Gasteiger partial charge in [-0.3, -0.25) is 4.79 Å². The fourth-order valence-corrected chi connectivity index (χ4v) is 6.13. The second-order valence-corrected chi connectivity index (χ2v) is 11.6. The van der Waals surface area contributed by atoms with Gasteiger partial charge in [0.15, 0.2) is 0 Å². The van der Waals surface area contributed by atoms with Crippen molar-refractivity contribution in [3.8, 4) is 5.75 Å². The Kier molecular flexibility index (Phi) is 6.07. The predicted octanol–water partition coefficient (Wildman–Crippen LogP) is 4.12. The third kappa shape index (κ3) is 4.69. The van der Waals surface area contributed by atoms with E-state index in [-0.39, 0.29) is 29.3 Å². The molecule has 1 amide bonds. The van der Waals surface area contributed by atoms with Crippen molar-refractivity contribution in [1.82, 2.24) is 9.62 Å². The molecule has 2 atom stereocenters. The standard InChI is InChI=1S/C25H32N2O4S/c1-17-7-10-20(11-8-17)32(29,30)27-13-5-6-19(16-27)24(28)26-22-15-25(3,4)31-23-14-18(2)9-12-21(22)23/h7-12,14,19,22H,5-6,13,15-16H2,1-4H3,(H,26,28). The Labute approximate surface area is 191 Å². The third-order valence-electron chi connectivity index (χ3n) is 6.36. The maximum absolute atomic E-state index is 13.2. The predicted molar refractivity (Wildman–Crippen MR) is 124 cm³/mol. The molecule has 0 bridgehead atoms. The number of carbonyl (C=O) groups excluding carboxylic acids is 1. The van der Waals surface area contributed by atoms with Crippen molar-refractivity contribution in [1.29, 1.82) is 0 Å². The Morgan fingerprint density at radius 1 is 1.09 bits per heavy atom. The van der Waals surface area contributed by atoms with Gasteiger partial charge in [0.2, 0.25) is 15.9 Å². The molecule has 32 heavy (non-hydrogen) atoms. The summed E-state index contributed by atoms with van der Waals surface area (Å²) in [5, 5.41) is 3.20. The molecule has 2 unspecified atom stereocenters. The van der Waals surface area contributed by atoms with Crippen molar-refractivity contribution < 1.29 is 17.9 Å². The Hall–Kier alpha value is -2.38. The molecule has 1 N–H and O–H groups in total. The first kappa shape index (κ1) is 22.8. The number of benzene rings is 2. The second kappa shape index (κ2) is 8.52. The van der Waals surface area contributed by atoms with Gasteiger partial charge in [0, 0.05) is 25.1 Å². The third-order valence-corrected chi connectivity index (χ3v) is 8.24. The lowest BCUT2D eigenvalue weighted by molar-refractivity contribution is -0.127. The molecule has 1 fully saturated rings. The molecule has 0 saturated carbocycles. The highest BCUT2D eigenvalue weighted by Crippen LogP contribution is 2.40. The molecule has 7 heteroatoms. The Morgan fingerprint density at radius 2 is 1.78 bits per heavy atom. The first-order valence-electron chi connectivity index (χ1n) is 11.2. The Morgan fingerprint density at radius 3 is 2.50 bits per heavy atom. The van der Waals surface area contributed by atoms with Crippen LogP contribution in [0.15, 0.2) is 47.4 Å². The molecule has 2 aliphatic heterocycles. The minimum absolute atomic E-state index is 0.0944. The van der Waals surface area contributed by atoms with Gasteiger partial charge in [0.25, 0.3) is 0 Å². The lowest BCUT2D eigenvalue weighted by Crippen LogP contribution is -2.48. The summed E-state index contributed by atoms with van der Waals surface area (Å²) in [5.41, 5.74) is 2.69. The molecule has 0 aromatic heterocycles. The first-order valence-corrected chi connectivity index (χ1v) is 12.7. The number of hydrogen-bond acceptors (Lipinski definition) is 4. The highest BCUT2D eigenvalue weighted by Gasteiger charge is 2.38. The summed E-state index contributed by atoms with van der Waals surface area (Å²) in [5.74, 6) is 0.339. The number of ether oxygens (including phenoxy) is 1. The molecule has 6 nitrogen and oxygen atoms in total. The van der Waals surface area contributed by atoms with E-state index in [2.05, 4.69) is 5.32 Å². The number of rotatable bonds is 4. The van der Waals surface area contributed by atoms with Crippen LogP contribution in [0.4, 0.5) is 0 Å². The van der Waals surface area contributed by atoms with Gasteiger partial charge < -0.3 is 10.1 Å². The molecule has 2 aliphatic rings. The number of nitrogens with one attached hydrogen (secondary N) is 1. The van der Waals surface area contributed by atoms with E-state index in [4.69, 9.17) is 4.74 Å². The van der Waals surface area contributed by atoms with Crippen molar-refractivity contribution in [3.63, 3.8) is 0 Å². The zero-order valence-corrected chi connectivity index (χ0v) is 20.0. The molecule has 2 aromatic rings. The smallest absolute Gasteiger partial charge is 0.243 e. The van der Waals surface area contributed by atoms with Gasteiger partial charge in [-0.1, -0.05) is 29.8 Å². The van der Waals surface area contributed by atoms with Gasteiger partial charge >= 0.3 is 0 Å². The highest BCUT2D eigenvalue weighted by atomic mass is 32.2. The number of aryl methyl sites for hydroxylation is 2. The van der Waals surface area contributed by atoms with E-state index < -0.39 is 15.6 Å². The summed E-state index contributed by atoms with van der Waals surface area (Å²) in [7, 11) is -3.62. The number of carbonyl (C=O) groups is 1. The summed E-state index contributed by atoms with van der Waals surface area (Å²) in [6, 6.07) is 12.8. The molecule has 0 spiro atoms. The van der Waals surface area contributed by atoms with Crippen LogP contribution in [-0.4, -0.2) is 37.3 Å². The lowest BCUT2D eigenvalue weighted by Gasteiger charge is -2.39. The lowest BCUT2D eigenvalue weighted by atomic mass is 9.88. The van der Waals surface area contributed by atoms with Crippen molar-refractivity contribution in [2.75, 3.05) is 13.1 Å². The van der Waals surface area contributed by atoms with Crippen LogP contribution < -0.4 is 10.1 Å². The average molecular weight is 457 g/mol.